The molecule has 0 aliphatic carbocycles. The van der Waals surface area contributed by atoms with Crippen molar-refractivity contribution in [2.75, 3.05) is 18.9 Å². The lowest BCUT2D eigenvalue weighted by atomic mass is 10.3. The van der Waals surface area contributed by atoms with E-state index >= 15 is 0 Å². The van der Waals surface area contributed by atoms with Crippen molar-refractivity contribution in [2.24, 2.45) is 0 Å². The third kappa shape index (κ3) is 5.66. The van der Waals surface area contributed by atoms with E-state index in [0.717, 1.165) is 8.78 Å². The van der Waals surface area contributed by atoms with Gasteiger partial charge in [0, 0.05) is 17.2 Å². The predicted molar refractivity (Wildman–Crippen MR) is 116 cm³/mol. The molecule has 0 unspecified atom stereocenters. The minimum Gasteiger partial charge on any atom is -0.457 e. The maximum atomic E-state index is 12.6. The molecule has 0 fully saturated rings. The van der Waals surface area contributed by atoms with Gasteiger partial charge in [0.1, 0.15) is 11.5 Å². The van der Waals surface area contributed by atoms with Crippen LogP contribution in [0, 0.1) is 0 Å². The molecular weight excluding hydrogens is 456 g/mol. The van der Waals surface area contributed by atoms with E-state index in [-0.39, 0.29) is 11.4 Å². The number of anilines is 1. The second-order valence-corrected chi connectivity index (χ2v) is 9.16. The highest BCUT2D eigenvalue weighted by atomic mass is 79.9. The fourth-order valence-electron chi connectivity index (χ4n) is 2.51. The lowest BCUT2D eigenvalue weighted by molar-refractivity contribution is -0.116. The number of likely N-dealkylation sites (N-methyl/N-ethyl adjacent to an activating group) is 1. The number of benzene rings is 3. The molecule has 0 saturated heterocycles. The second-order valence-electron chi connectivity index (χ2n) is 6.20. The molecule has 0 aliphatic rings. The summed E-state index contributed by atoms with van der Waals surface area (Å²) >= 11 is 3.27. The first-order valence-corrected chi connectivity index (χ1v) is 10.9. The molecule has 3 rings (SSSR count). The molecule has 0 radical (unpaired) electrons. The zero-order valence-corrected chi connectivity index (χ0v) is 18.0. The summed E-state index contributed by atoms with van der Waals surface area (Å²) in [5.74, 6) is 0.901. The Labute approximate surface area is 178 Å². The number of para-hydroxylation sites is 1. The minimum absolute atomic E-state index is 0.124. The number of hydrogen-bond donors (Lipinski definition) is 1. The van der Waals surface area contributed by atoms with Gasteiger partial charge in [0.2, 0.25) is 15.9 Å². The number of nitrogens with one attached hydrogen (secondary N) is 1. The van der Waals surface area contributed by atoms with Crippen LogP contribution in [0.5, 0.6) is 11.5 Å². The summed E-state index contributed by atoms with van der Waals surface area (Å²) in [6.07, 6.45) is 0. The first kappa shape index (κ1) is 21.0. The smallest absolute Gasteiger partial charge is 0.243 e. The van der Waals surface area contributed by atoms with Gasteiger partial charge < -0.3 is 10.1 Å². The predicted octanol–water partition coefficient (Wildman–Crippen LogP) is 4.50. The quantitative estimate of drug-likeness (QED) is 0.546. The molecule has 6 nitrogen and oxygen atoms in total. The molecule has 0 aromatic heterocycles. The Balaban J connectivity index is 1.59. The zero-order chi connectivity index (χ0) is 20.9. The number of hydrogen-bond acceptors (Lipinski definition) is 4. The highest BCUT2D eigenvalue weighted by molar-refractivity contribution is 9.10. The van der Waals surface area contributed by atoms with Gasteiger partial charge in [-0.05, 0) is 60.7 Å². The van der Waals surface area contributed by atoms with Gasteiger partial charge in [-0.15, -0.1) is 0 Å². The van der Waals surface area contributed by atoms with Crippen molar-refractivity contribution in [3.8, 4) is 11.5 Å². The number of amides is 1. The van der Waals surface area contributed by atoms with Crippen LogP contribution in [-0.2, 0) is 14.8 Å². The van der Waals surface area contributed by atoms with Crippen LogP contribution in [0.15, 0.2) is 88.2 Å². The normalized spacial score (nSPS) is 11.3. The highest BCUT2D eigenvalue weighted by Crippen LogP contribution is 2.23. The number of rotatable bonds is 7. The maximum Gasteiger partial charge on any atom is 0.243 e. The van der Waals surface area contributed by atoms with Gasteiger partial charge >= 0.3 is 0 Å². The van der Waals surface area contributed by atoms with Crippen LogP contribution in [0.4, 0.5) is 5.69 Å². The molecule has 0 bridgehead atoms. The molecule has 1 N–H and O–H groups in total. The van der Waals surface area contributed by atoms with Crippen LogP contribution < -0.4 is 10.1 Å². The summed E-state index contributed by atoms with van der Waals surface area (Å²) in [6.45, 7) is -0.305. The van der Waals surface area contributed by atoms with E-state index in [1.807, 2.05) is 30.3 Å². The number of nitrogens with zero attached hydrogens (tertiary/aromatic N) is 1. The molecule has 0 saturated carbocycles. The van der Waals surface area contributed by atoms with E-state index < -0.39 is 15.9 Å². The summed E-state index contributed by atoms with van der Waals surface area (Å²) in [4.78, 5) is 12.4. The van der Waals surface area contributed by atoms with Crippen molar-refractivity contribution < 1.29 is 17.9 Å². The maximum absolute atomic E-state index is 12.6. The average Bonchev–Trinajstić information content (AvgIpc) is 2.70. The van der Waals surface area contributed by atoms with Crippen molar-refractivity contribution in [2.45, 2.75) is 4.90 Å². The van der Waals surface area contributed by atoms with Crippen LogP contribution in [0.25, 0.3) is 0 Å². The molecule has 0 aliphatic heterocycles. The topological polar surface area (TPSA) is 75.7 Å². The molecule has 3 aromatic rings. The summed E-state index contributed by atoms with van der Waals surface area (Å²) in [5.41, 5.74) is 0.546. The van der Waals surface area contributed by atoms with Crippen LogP contribution in [0.2, 0.25) is 0 Å². The summed E-state index contributed by atoms with van der Waals surface area (Å²) in [7, 11) is -2.38. The average molecular weight is 475 g/mol. The molecule has 29 heavy (non-hydrogen) atoms. The van der Waals surface area contributed by atoms with Gasteiger partial charge in [-0.1, -0.05) is 34.1 Å². The van der Waals surface area contributed by atoms with E-state index in [1.54, 1.807) is 36.4 Å². The van der Waals surface area contributed by atoms with Gasteiger partial charge in [0.05, 0.1) is 11.4 Å². The fraction of sp³-hybridized carbons (Fsp3) is 0.0952. The Morgan fingerprint density at radius 1 is 0.931 bits per heavy atom. The van der Waals surface area contributed by atoms with Crippen molar-refractivity contribution >= 4 is 37.5 Å². The summed E-state index contributed by atoms with van der Waals surface area (Å²) in [6, 6.07) is 22.4. The Morgan fingerprint density at radius 2 is 1.52 bits per heavy atom. The van der Waals surface area contributed by atoms with Gasteiger partial charge in [0.15, 0.2) is 0 Å². The van der Waals surface area contributed by atoms with Gasteiger partial charge in [-0.2, -0.15) is 4.31 Å². The van der Waals surface area contributed by atoms with Gasteiger partial charge in [-0.3, -0.25) is 4.79 Å². The van der Waals surface area contributed by atoms with Gasteiger partial charge in [0.25, 0.3) is 0 Å². The Bertz CT molecular complexity index is 1070. The van der Waals surface area contributed by atoms with E-state index in [0.29, 0.717) is 17.2 Å². The van der Waals surface area contributed by atoms with Crippen LogP contribution in [0.3, 0.4) is 0 Å². The van der Waals surface area contributed by atoms with Crippen LogP contribution in [0.1, 0.15) is 0 Å². The zero-order valence-electron chi connectivity index (χ0n) is 15.6. The molecule has 8 heteroatoms. The fourth-order valence-corrected chi connectivity index (χ4v) is 3.90. The highest BCUT2D eigenvalue weighted by Gasteiger charge is 2.22. The monoisotopic (exact) mass is 474 g/mol. The number of ether oxygens (including phenoxy) is 1. The van der Waals surface area contributed by atoms with Crippen molar-refractivity contribution in [3.63, 3.8) is 0 Å². The standard InChI is InChI=1S/C21H19BrN2O4S/c1-24(29(26,27)20-13-7-16(22)8-14-20)15-21(25)23-17-9-11-19(12-10-17)28-18-5-3-2-4-6-18/h2-14H,15H2,1H3,(H,23,25). The first-order chi connectivity index (χ1) is 13.8. The second kappa shape index (κ2) is 9.21. The van der Waals surface area contributed by atoms with Crippen molar-refractivity contribution in [3.05, 3.63) is 83.3 Å². The largest absolute Gasteiger partial charge is 0.457 e. The molecule has 0 spiro atoms. The molecule has 150 valence electrons. The summed E-state index contributed by atoms with van der Waals surface area (Å²) in [5, 5.41) is 2.69. The number of sulfonamides is 1. The third-order valence-corrected chi connectivity index (χ3v) is 6.35. The molecule has 0 atom stereocenters. The Kier molecular flexibility index (Phi) is 6.68. The number of carbonyl (C=O) groups excluding carboxylic acids is 1. The van der Waals surface area contributed by atoms with Crippen molar-refractivity contribution in [1.82, 2.24) is 4.31 Å². The molecule has 1 amide bonds. The number of carbonyl (C=O) groups is 1. The van der Waals surface area contributed by atoms with E-state index in [4.69, 9.17) is 4.74 Å². The van der Waals surface area contributed by atoms with Crippen LogP contribution >= 0.6 is 15.9 Å². The lowest BCUT2D eigenvalue weighted by Crippen LogP contribution is -2.34. The summed E-state index contributed by atoms with van der Waals surface area (Å²) < 4.78 is 32.6. The SMILES string of the molecule is CN(CC(=O)Nc1ccc(Oc2ccccc2)cc1)S(=O)(=O)c1ccc(Br)cc1. The molecule has 3 aromatic carbocycles. The van der Waals surface area contributed by atoms with E-state index in [2.05, 4.69) is 21.2 Å². The van der Waals surface area contributed by atoms with Crippen LogP contribution in [-0.4, -0.2) is 32.2 Å². The lowest BCUT2D eigenvalue weighted by Gasteiger charge is -2.17. The third-order valence-electron chi connectivity index (χ3n) is 4.01. The molecule has 0 heterocycles. The minimum atomic E-state index is -3.75. The van der Waals surface area contributed by atoms with E-state index in [9.17, 15) is 13.2 Å². The Hall–Kier alpha value is -2.68. The first-order valence-electron chi connectivity index (χ1n) is 8.69. The Morgan fingerprint density at radius 3 is 2.14 bits per heavy atom. The molecular formula is C21H19BrN2O4S. The van der Waals surface area contributed by atoms with E-state index in [1.165, 1.54) is 19.2 Å². The van der Waals surface area contributed by atoms with Crippen molar-refractivity contribution in [1.29, 1.82) is 0 Å². The number of halogens is 1. The van der Waals surface area contributed by atoms with Gasteiger partial charge in [-0.25, -0.2) is 8.42 Å².